The molecule has 0 spiro atoms. The molecule has 0 bridgehead atoms. The fourth-order valence-electron chi connectivity index (χ4n) is 1.55. The van der Waals surface area contributed by atoms with Crippen LogP contribution in [0.15, 0.2) is 0 Å². The van der Waals surface area contributed by atoms with Crippen LogP contribution in [-0.2, 0) is 14.6 Å². The first-order valence-corrected chi connectivity index (χ1v) is 7.22. The second-order valence-electron chi connectivity index (χ2n) is 4.20. The van der Waals surface area contributed by atoms with Gasteiger partial charge < -0.3 is 10.5 Å². The van der Waals surface area contributed by atoms with Crippen LogP contribution in [0.5, 0.6) is 0 Å². The summed E-state index contributed by atoms with van der Waals surface area (Å²) in [7, 11) is -2.87. The molecule has 1 aliphatic heterocycles. The number of hydrogen-bond donors (Lipinski definition) is 1. The van der Waals surface area contributed by atoms with E-state index in [4.69, 9.17) is 10.5 Å². The summed E-state index contributed by atoms with van der Waals surface area (Å²) >= 11 is 0. The molecule has 2 atom stereocenters. The number of nitrogens with two attached hydrogens (primary N) is 1. The van der Waals surface area contributed by atoms with E-state index in [1.54, 1.807) is 0 Å². The fraction of sp³-hybridized carbons (Fsp3) is 1.00. The second-order valence-corrected chi connectivity index (χ2v) is 6.46. The number of nitrogens with zero attached hydrogens (tertiary/aromatic N) is 1. The fourth-order valence-corrected chi connectivity index (χ4v) is 2.14. The molecule has 1 rings (SSSR count). The molecule has 0 aliphatic carbocycles. The van der Waals surface area contributed by atoms with Gasteiger partial charge in [0.1, 0.15) is 9.84 Å². The normalized spacial score (nSPS) is 26.5. The van der Waals surface area contributed by atoms with Gasteiger partial charge in [-0.25, -0.2) is 8.42 Å². The standard InChI is InChI=1S/C9H20N2O3S/c1-8(10)9-7-11(3-5-14-9)4-6-15(2,12)13/h8-9H,3-7,10H2,1-2H3. The van der Waals surface area contributed by atoms with Gasteiger partial charge in [-0.2, -0.15) is 0 Å². The van der Waals surface area contributed by atoms with Crippen LogP contribution in [0.2, 0.25) is 0 Å². The third-order valence-electron chi connectivity index (χ3n) is 2.54. The molecule has 15 heavy (non-hydrogen) atoms. The van der Waals surface area contributed by atoms with Crippen LogP contribution in [0.25, 0.3) is 0 Å². The molecule has 0 saturated carbocycles. The molecule has 0 aromatic rings. The first-order chi connectivity index (χ1) is 6.88. The van der Waals surface area contributed by atoms with E-state index in [0.29, 0.717) is 13.2 Å². The van der Waals surface area contributed by atoms with Crippen LogP contribution >= 0.6 is 0 Å². The highest BCUT2D eigenvalue weighted by molar-refractivity contribution is 7.90. The van der Waals surface area contributed by atoms with Crippen molar-refractivity contribution in [3.8, 4) is 0 Å². The zero-order valence-electron chi connectivity index (χ0n) is 9.35. The Balaban J connectivity index is 2.37. The van der Waals surface area contributed by atoms with E-state index < -0.39 is 9.84 Å². The van der Waals surface area contributed by atoms with Gasteiger partial charge in [0.2, 0.25) is 0 Å². The van der Waals surface area contributed by atoms with Crippen molar-refractivity contribution in [1.82, 2.24) is 4.90 Å². The maximum absolute atomic E-state index is 11.0. The molecule has 2 N–H and O–H groups in total. The third-order valence-corrected chi connectivity index (χ3v) is 3.47. The van der Waals surface area contributed by atoms with Gasteiger partial charge in [0.15, 0.2) is 0 Å². The monoisotopic (exact) mass is 236 g/mol. The first-order valence-electron chi connectivity index (χ1n) is 5.16. The molecule has 6 heteroatoms. The molecule has 1 aliphatic rings. The van der Waals surface area contributed by atoms with Crippen LogP contribution in [0.4, 0.5) is 0 Å². The Bertz CT molecular complexity index is 290. The summed E-state index contributed by atoms with van der Waals surface area (Å²) in [5, 5.41) is 0. The van der Waals surface area contributed by atoms with E-state index in [2.05, 4.69) is 4.90 Å². The molecule has 0 aromatic carbocycles. The van der Waals surface area contributed by atoms with Crippen molar-refractivity contribution in [3.05, 3.63) is 0 Å². The van der Waals surface area contributed by atoms with Crippen molar-refractivity contribution in [2.24, 2.45) is 5.73 Å². The van der Waals surface area contributed by atoms with Crippen molar-refractivity contribution in [2.45, 2.75) is 19.1 Å². The minimum atomic E-state index is -2.87. The van der Waals surface area contributed by atoms with Gasteiger partial charge in [-0.1, -0.05) is 0 Å². The maximum atomic E-state index is 11.0. The highest BCUT2D eigenvalue weighted by Crippen LogP contribution is 2.07. The predicted octanol–water partition coefficient (Wildman–Crippen LogP) is -0.921. The highest BCUT2D eigenvalue weighted by atomic mass is 32.2. The predicted molar refractivity (Wildman–Crippen MR) is 59.5 cm³/mol. The van der Waals surface area contributed by atoms with Gasteiger partial charge in [0.25, 0.3) is 0 Å². The summed E-state index contributed by atoms with van der Waals surface area (Å²) in [5.74, 6) is 0.207. The quantitative estimate of drug-likeness (QED) is 0.683. The van der Waals surface area contributed by atoms with Crippen LogP contribution in [0.3, 0.4) is 0 Å². The average Bonchev–Trinajstić information content (AvgIpc) is 2.14. The Morgan fingerprint density at radius 3 is 2.80 bits per heavy atom. The molecule has 0 aromatic heterocycles. The lowest BCUT2D eigenvalue weighted by molar-refractivity contribution is -0.0356. The van der Waals surface area contributed by atoms with Gasteiger partial charge in [-0.05, 0) is 6.92 Å². The van der Waals surface area contributed by atoms with Gasteiger partial charge in [0, 0.05) is 31.9 Å². The second kappa shape index (κ2) is 5.25. The Morgan fingerprint density at radius 1 is 1.60 bits per heavy atom. The van der Waals surface area contributed by atoms with Crippen molar-refractivity contribution >= 4 is 9.84 Å². The van der Waals surface area contributed by atoms with Gasteiger partial charge in [-0.15, -0.1) is 0 Å². The Morgan fingerprint density at radius 2 is 2.27 bits per heavy atom. The first kappa shape index (κ1) is 12.9. The number of rotatable bonds is 4. The van der Waals surface area contributed by atoms with Gasteiger partial charge in [-0.3, -0.25) is 4.90 Å². The molecule has 90 valence electrons. The van der Waals surface area contributed by atoms with Crippen molar-refractivity contribution in [1.29, 1.82) is 0 Å². The van der Waals surface area contributed by atoms with Crippen LogP contribution in [-0.4, -0.2) is 63.7 Å². The largest absolute Gasteiger partial charge is 0.374 e. The molecule has 1 heterocycles. The zero-order valence-corrected chi connectivity index (χ0v) is 10.2. The maximum Gasteiger partial charge on any atom is 0.148 e. The van der Waals surface area contributed by atoms with E-state index in [1.165, 1.54) is 6.26 Å². The van der Waals surface area contributed by atoms with Gasteiger partial charge in [0.05, 0.1) is 18.5 Å². The van der Waals surface area contributed by atoms with Crippen LogP contribution < -0.4 is 5.73 Å². The van der Waals surface area contributed by atoms with Crippen molar-refractivity contribution in [2.75, 3.05) is 38.2 Å². The van der Waals surface area contributed by atoms with E-state index in [0.717, 1.165) is 13.1 Å². The molecule has 1 saturated heterocycles. The molecule has 1 fully saturated rings. The minimum Gasteiger partial charge on any atom is -0.374 e. The summed E-state index contributed by atoms with van der Waals surface area (Å²) in [6, 6.07) is -0.00830. The molecular weight excluding hydrogens is 216 g/mol. The molecule has 0 radical (unpaired) electrons. The lowest BCUT2D eigenvalue weighted by atomic mass is 10.1. The smallest absolute Gasteiger partial charge is 0.148 e. The van der Waals surface area contributed by atoms with E-state index >= 15 is 0 Å². The Hall–Kier alpha value is -0.170. The number of hydrogen-bond acceptors (Lipinski definition) is 5. The topological polar surface area (TPSA) is 72.6 Å². The Kier molecular flexibility index (Phi) is 4.51. The number of morpholine rings is 1. The Labute approximate surface area is 91.5 Å². The molecule has 5 nitrogen and oxygen atoms in total. The van der Waals surface area contributed by atoms with Crippen LogP contribution in [0.1, 0.15) is 6.92 Å². The average molecular weight is 236 g/mol. The minimum absolute atomic E-state index is 0.00830. The summed E-state index contributed by atoms with van der Waals surface area (Å²) in [6.45, 7) is 4.64. The molecule has 0 amide bonds. The van der Waals surface area contributed by atoms with Crippen molar-refractivity contribution < 1.29 is 13.2 Å². The number of ether oxygens (including phenoxy) is 1. The van der Waals surface area contributed by atoms with Crippen molar-refractivity contribution in [3.63, 3.8) is 0 Å². The summed E-state index contributed by atoms with van der Waals surface area (Å²) in [4.78, 5) is 2.10. The SMILES string of the molecule is CC(N)C1CN(CCS(C)(=O)=O)CCO1. The van der Waals surface area contributed by atoms with E-state index in [-0.39, 0.29) is 17.9 Å². The molecular formula is C9H20N2O3S. The number of sulfone groups is 1. The lowest BCUT2D eigenvalue weighted by Gasteiger charge is -2.34. The van der Waals surface area contributed by atoms with Gasteiger partial charge >= 0.3 is 0 Å². The summed E-state index contributed by atoms with van der Waals surface area (Å²) in [5.41, 5.74) is 5.74. The summed E-state index contributed by atoms with van der Waals surface area (Å²) < 4.78 is 27.5. The zero-order chi connectivity index (χ0) is 11.5. The van der Waals surface area contributed by atoms with Crippen LogP contribution in [0, 0.1) is 0 Å². The molecule has 2 unspecified atom stereocenters. The third kappa shape index (κ3) is 4.92. The lowest BCUT2D eigenvalue weighted by Crippen LogP contribution is -2.50. The highest BCUT2D eigenvalue weighted by Gasteiger charge is 2.23. The van der Waals surface area contributed by atoms with E-state index in [9.17, 15) is 8.42 Å². The summed E-state index contributed by atoms with van der Waals surface area (Å²) in [6.07, 6.45) is 1.29. The van der Waals surface area contributed by atoms with E-state index in [1.807, 2.05) is 6.92 Å².